The highest BCUT2D eigenvalue weighted by Gasteiger charge is 2.38. The average Bonchev–Trinajstić information content (AvgIpc) is 2.83. The quantitative estimate of drug-likeness (QED) is 0.728. The molecule has 19 heavy (non-hydrogen) atoms. The summed E-state index contributed by atoms with van der Waals surface area (Å²) in [4.78, 5) is 13.5. The Kier molecular flexibility index (Phi) is 6.23. The Balaban J connectivity index is 2.63. The van der Waals surface area contributed by atoms with E-state index in [2.05, 4.69) is 25.7 Å². The molecule has 0 radical (unpaired) electrons. The van der Waals surface area contributed by atoms with Crippen LogP contribution in [-0.4, -0.2) is 61.0 Å². The van der Waals surface area contributed by atoms with E-state index in [9.17, 15) is 9.90 Å². The predicted molar refractivity (Wildman–Crippen MR) is 73.3 cm³/mol. The van der Waals surface area contributed by atoms with Crippen molar-refractivity contribution in [1.82, 2.24) is 4.90 Å². The first kappa shape index (κ1) is 16.4. The number of hydrogen-bond donors (Lipinski definition) is 1. The summed E-state index contributed by atoms with van der Waals surface area (Å²) < 4.78 is 10.8. The maximum absolute atomic E-state index is 11.2. The number of nitrogens with zero attached hydrogens (tertiary/aromatic N) is 1. The third kappa shape index (κ3) is 4.75. The molecule has 0 saturated carbocycles. The van der Waals surface area contributed by atoms with Crippen molar-refractivity contribution in [1.29, 1.82) is 0 Å². The lowest BCUT2D eigenvalue weighted by Gasteiger charge is -2.33. The van der Waals surface area contributed by atoms with Crippen molar-refractivity contribution in [3.63, 3.8) is 0 Å². The average molecular weight is 273 g/mol. The van der Waals surface area contributed by atoms with E-state index in [4.69, 9.17) is 9.47 Å². The number of ether oxygens (including phenoxy) is 2. The molecule has 0 spiro atoms. The fourth-order valence-electron chi connectivity index (χ4n) is 2.38. The summed E-state index contributed by atoms with van der Waals surface area (Å²) in [6, 6.07) is -0.00916. The van der Waals surface area contributed by atoms with Crippen LogP contribution >= 0.6 is 0 Å². The minimum atomic E-state index is -0.755. The topological polar surface area (TPSA) is 59.0 Å². The zero-order valence-electron chi connectivity index (χ0n) is 12.5. The molecule has 1 rings (SSSR count). The van der Waals surface area contributed by atoms with Crippen molar-refractivity contribution in [2.45, 2.75) is 45.3 Å². The van der Waals surface area contributed by atoms with Crippen LogP contribution < -0.4 is 0 Å². The van der Waals surface area contributed by atoms with Crippen molar-refractivity contribution >= 4 is 5.97 Å². The molecule has 1 fully saturated rings. The van der Waals surface area contributed by atoms with Gasteiger partial charge in [-0.25, -0.2) is 0 Å². The molecule has 1 aliphatic rings. The number of carbonyl (C=O) groups is 1. The van der Waals surface area contributed by atoms with E-state index in [0.717, 1.165) is 25.9 Å². The molecule has 0 aromatic heterocycles. The molecule has 5 nitrogen and oxygen atoms in total. The minimum Gasteiger partial charge on any atom is -0.481 e. The van der Waals surface area contributed by atoms with Crippen molar-refractivity contribution < 1.29 is 19.4 Å². The van der Waals surface area contributed by atoms with E-state index in [0.29, 0.717) is 13.2 Å². The van der Waals surface area contributed by atoms with Crippen LogP contribution in [0.25, 0.3) is 0 Å². The highest BCUT2D eigenvalue weighted by Crippen LogP contribution is 2.22. The van der Waals surface area contributed by atoms with Gasteiger partial charge in [-0.2, -0.15) is 0 Å². The van der Waals surface area contributed by atoms with Crippen LogP contribution in [0.2, 0.25) is 0 Å². The van der Waals surface area contributed by atoms with Gasteiger partial charge in [0.05, 0.1) is 24.7 Å². The maximum atomic E-state index is 11.2. The summed E-state index contributed by atoms with van der Waals surface area (Å²) in [7, 11) is 1.71. The van der Waals surface area contributed by atoms with E-state index >= 15 is 0 Å². The summed E-state index contributed by atoms with van der Waals surface area (Å²) in [6.07, 6.45) is 1.89. The van der Waals surface area contributed by atoms with Crippen LogP contribution in [-0.2, 0) is 14.3 Å². The van der Waals surface area contributed by atoms with Gasteiger partial charge < -0.3 is 14.6 Å². The van der Waals surface area contributed by atoms with Crippen molar-refractivity contribution in [3.8, 4) is 0 Å². The SMILES string of the molecule is CCCN(CCC(C)(C)OC)C1COCC1C(=O)O. The molecule has 1 N–H and O–H groups in total. The third-order valence-electron chi connectivity index (χ3n) is 3.90. The second-order valence-electron chi connectivity index (χ2n) is 5.80. The lowest BCUT2D eigenvalue weighted by molar-refractivity contribution is -0.143. The molecule has 0 aromatic rings. The number of carboxylic acid groups (broad SMARTS) is 1. The molecule has 1 saturated heterocycles. The number of hydrogen-bond acceptors (Lipinski definition) is 4. The molecule has 2 unspecified atom stereocenters. The Labute approximate surface area is 115 Å². The Hall–Kier alpha value is -0.650. The van der Waals surface area contributed by atoms with Crippen LogP contribution in [0.4, 0.5) is 0 Å². The normalized spacial score (nSPS) is 24.1. The molecule has 0 aromatic carbocycles. The van der Waals surface area contributed by atoms with Crippen LogP contribution in [0.15, 0.2) is 0 Å². The minimum absolute atomic E-state index is 0.00916. The Morgan fingerprint density at radius 3 is 2.63 bits per heavy atom. The van der Waals surface area contributed by atoms with Gasteiger partial charge in [-0.15, -0.1) is 0 Å². The zero-order valence-corrected chi connectivity index (χ0v) is 12.5. The molecular weight excluding hydrogens is 246 g/mol. The molecule has 1 heterocycles. The number of rotatable bonds is 8. The highest BCUT2D eigenvalue weighted by atomic mass is 16.5. The van der Waals surface area contributed by atoms with Crippen LogP contribution in [0.5, 0.6) is 0 Å². The van der Waals surface area contributed by atoms with Crippen LogP contribution in [0.3, 0.4) is 0 Å². The van der Waals surface area contributed by atoms with Crippen molar-refractivity contribution in [2.75, 3.05) is 33.4 Å². The summed E-state index contributed by atoms with van der Waals surface area (Å²) >= 11 is 0. The van der Waals surface area contributed by atoms with Gasteiger partial charge >= 0.3 is 5.97 Å². The van der Waals surface area contributed by atoms with Gasteiger partial charge in [0.15, 0.2) is 0 Å². The Morgan fingerprint density at radius 2 is 2.11 bits per heavy atom. The van der Waals surface area contributed by atoms with Crippen LogP contribution in [0, 0.1) is 5.92 Å². The second-order valence-corrected chi connectivity index (χ2v) is 5.80. The number of aliphatic carboxylic acids is 1. The molecule has 0 bridgehead atoms. The third-order valence-corrected chi connectivity index (χ3v) is 3.90. The maximum Gasteiger partial charge on any atom is 0.310 e. The van der Waals surface area contributed by atoms with E-state index in [-0.39, 0.29) is 11.6 Å². The van der Waals surface area contributed by atoms with Gasteiger partial charge in [0.25, 0.3) is 0 Å². The Bertz CT molecular complexity index is 293. The van der Waals surface area contributed by atoms with Crippen molar-refractivity contribution in [2.24, 2.45) is 5.92 Å². The molecule has 5 heteroatoms. The lowest BCUT2D eigenvalue weighted by atomic mass is 9.99. The van der Waals surface area contributed by atoms with Gasteiger partial charge in [0, 0.05) is 19.7 Å². The number of carboxylic acids is 1. The molecule has 112 valence electrons. The number of methoxy groups -OCH3 is 1. The van der Waals surface area contributed by atoms with Crippen molar-refractivity contribution in [3.05, 3.63) is 0 Å². The molecule has 0 aliphatic carbocycles. The zero-order chi connectivity index (χ0) is 14.5. The van der Waals surface area contributed by atoms with E-state index in [1.54, 1.807) is 7.11 Å². The summed E-state index contributed by atoms with van der Waals surface area (Å²) in [5.74, 6) is -1.16. The summed E-state index contributed by atoms with van der Waals surface area (Å²) in [5, 5.41) is 9.24. The predicted octanol–water partition coefficient (Wildman–Crippen LogP) is 1.61. The van der Waals surface area contributed by atoms with E-state index < -0.39 is 11.9 Å². The lowest BCUT2D eigenvalue weighted by Crippen LogP contribution is -2.45. The van der Waals surface area contributed by atoms with Gasteiger partial charge in [-0.1, -0.05) is 6.92 Å². The first-order valence-corrected chi connectivity index (χ1v) is 7.01. The summed E-state index contributed by atoms with van der Waals surface area (Å²) in [6.45, 7) is 8.80. The van der Waals surface area contributed by atoms with Gasteiger partial charge in [0.2, 0.25) is 0 Å². The standard InChI is InChI=1S/C14H27NO4/c1-5-7-15(8-6-14(2,3)18-4)12-10-19-9-11(12)13(16)17/h11-12H,5-10H2,1-4H3,(H,16,17). The molecule has 0 amide bonds. The molecular formula is C14H27NO4. The van der Waals surface area contributed by atoms with Gasteiger partial charge in [-0.3, -0.25) is 9.69 Å². The van der Waals surface area contributed by atoms with Gasteiger partial charge in [-0.05, 0) is 33.2 Å². The highest BCUT2D eigenvalue weighted by molar-refractivity contribution is 5.71. The second kappa shape index (κ2) is 7.22. The fourth-order valence-corrected chi connectivity index (χ4v) is 2.38. The first-order chi connectivity index (χ1) is 8.91. The largest absolute Gasteiger partial charge is 0.481 e. The monoisotopic (exact) mass is 273 g/mol. The van der Waals surface area contributed by atoms with E-state index in [1.165, 1.54) is 0 Å². The van der Waals surface area contributed by atoms with Crippen LogP contribution in [0.1, 0.15) is 33.6 Å². The first-order valence-electron chi connectivity index (χ1n) is 7.01. The van der Waals surface area contributed by atoms with Gasteiger partial charge in [0.1, 0.15) is 0 Å². The summed E-state index contributed by atoms with van der Waals surface area (Å²) in [5.41, 5.74) is -0.176. The molecule has 2 atom stereocenters. The fraction of sp³-hybridized carbons (Fsp3) is 0.929. The molecule has 1 aliphatic heterocycles. The smallest absolute Gasteiger partial charge is 0.310 e. The Morgan fingerprint density at radius 1 is 1.42 bits per heavy atom. The van der Waals surface area contributed by atoms with E-state index in [1.807, 2.05) is 0 Å².